The van der Waals surface area contributed by atoms with Crippen molar-refractivity contribution in [3.63, 3.8) is 0 Å². The third-order valence-electron chi connectivity index (χ3n) is 3.18. The van der Waals surface area contributed by atoms with Gasteiger partial charge in [-0.15, -0.1) is 0 Å². The molecule has 0 aliphatic heterocycles. The first-order chi connectivity index (χ1) is 16.2. The van der Waals surface area contributed by atoms with E-state index in [1.807, 2.05) is 48.8 Å². The average Bonchev–Trinajstić information content (AvgIpc) is 2.69. The quantitative estimate of drug-likeness (QED) is 0.199. The van der Waals surface area contributed by atoms with Crippen LogP contribution in [0.15, 0.2) is 0 Å². The van der Waals surface area contributed by atoms with E-state index >= 15 is 0 Å². The Kier molecular flexibility index (Phi) is 19.6. The fourth-order valence-electron chi connectivity index (χ4n) is 2.10. The minimum Gasteiger partial charge on any atom is -0.353 e. The molecular formula is C22H53N2O7S+. The second-order valence-electron chi connectivity index (χ2n) is 7.71. The van der Waals surface area contributed by atoms with Crippen LogP contribution in [-0.2, 0) is 29.1 Å². The summed E-state index contributed by atoms with van der Waals surface area (Å²) in [6, 6.07) is 0. The highest BCUT2D eigenvalue weighted by Crippen LogP contribution is 2.07. The van der Waals surface area contributed by atoms with E-state index in [0.717, 1.165) is 0 Å². The van der Waals surface area contributed by atoms with Crippen LogP contribution in [-0.4, -0.2) is 116 Å². The Morgan fingerprint density at radius 3 is 1.41 bits per heavy atom. The van der Waals surface area contributed by atoms with Gasteiger partial charge in [0.25, 0.3) is 10.1 Å². The maximum Gasteiger partial charge on any atom is 0.261 e. The van der Waals surface area contributed by atoms with Crippen LogP contribution in [0, 0.1) is 0 Å². The molecule has 0 bridgehead atoms. The molecular weight excluding hydrogens is 436 g/mol. The summed E-state index contributed by atoms with van der Waals surface area (Å²) >= 11 is 0. The fraction of sp³-hybridized carbons (Fsp3) is 1.00. The molecule has 1 N–H and O–H groups in total. The van der Waals surface area contributed by atoms with Gasteiger partial charge in [-0.1, -0.05) is 0 Å². The zero-order chi connectivity index (χ0) is 29.2. The molecule has 10 heteroatoms. The highest BCUT2D eigenvalue weighted by atomic mass is 32.2. The van der Waals surface area contributed by atoms with Gasteiger partial charge in [-0.05, 0) is 61.1 Å². The third kappa shape index (κ3) is 40.1. The van der Waals surface area contributed by atoms with Crippen molar-refractivity contribution in [1.82, 2.24) is 4.90 Å². The van der Waals surface area contributed by atoms with Crippen LogP contribution >= 0.6 is 0 Å². The van der Waals surface area contributed by atoms with Gasteiger partial charge in [0.1, 0.15) is 0 Å². The molecule has 0 radical (unpaired) electrons. The molecule has 0 fully saturated rings. The Balaban J connectivity index is -0.000000510. The first-order valence-electron chi connectivity index (χ1n) is 13.1. The lowest BCUT2D eigenvalue weighted by molar-refractivity contribution is -0.870. The molecule has 0 amide bonds. The van der Waals surface area contributed by atoms with Crippen LogP contribution in [0.5, 0.6) is 0 Å². The second kappa shape index (κ2) is 22.5. The number of nitrogens with zero attached hydrogens (tertiary/aromatic N) is 2. The van der Waals surface area contributed by atoms with Gasteiger partial charge in [0.15, 0.2) is 12.6 Å². The van der Waals surface area contributed by atoms with Crippen LogP contribution in [0.4, 0.5) is 0 Å². The first kappa shape index (κ1) is 27.9. The van der Waals surface area contributed by atoms with Crippen LogP contribution in [0.1, 0.15) is 58.9 Å². The Hall–Kier alpha value is -0.330. The fourth-order valence-corrected chi connectivity index (χ4v) is 2.10. The van der Waals surface area contributed by atoms with E-state index in [-0.39, 0.29) is 17.1 Å². The summed E-state index contributed by atoms with van der Waals surface area (Å²) in [4.78, 5) is 1.57. The zero-order valence-electron chi connectivity index (χ0n) is 26.0. The van der Waals surface area contributed by atoms with Crippen molar-refractivity contribution in [3.8, 4) is 0 Å². The van der Waals surface area contributed by atoms with E-state index in [2.05, 4.69) is 0 Å². The van der Waals surface area contributed by atoms with E-state index in [4.69, 9.17) is 29.0 Å². The molecule has 0 heterocycles. The zero-order valence-corrected chi connectivity index (χ0v) is 22.8. The largest absolute Gasteiger partial charge is 0.353 e. The molecule has 0 saturated heterocycles. The number of rotatable bonds is 16. The second-order valence-corrected chi connectivity index (χ2v) is 9.18. The van der Waals surface area contributed by atoms with Gasteiger partial charge in [0.2, 0.25) is 0 Å². The van der Waals surface area contributed by atoms with Crippen molar-refractivity contribution in [3.05, 3.63) is 0 Å². The topological polar surface area (TPSA) is 94.5 Å². The third-order valence-corrected chi connectivity index (χ3v) is 3.18. The minimum absolute atomic E-state index is 0.281. The van der Waals surface area contributed by atoms with Crippen LogP contribution in [0.2, 0.25) is 0 Å². The average molecular weight is 494 g/mol. The normalized spacial score (nSPS) is 14.7. The van der Waals surface area contributed by atoms with E-state index < -0.39 is 23.1 Å². The highest BCUT2D eigenvalue weighted by Gasteiger charge is 2.11. The predicted molar refractivity (Wildman–Crippen MR) is 131 cm³/mol. The van der Waals surface area contributed by atoms with E-state index in [1.54, 1.807) is 19.0 Å². The summed E-state index contributed by atoms with van der Waals surface area (Å²) in [5.41, 5.74) is 0. The summed E-state index contributed by atoms with van der Waals surface area (Å²) in [5.74, 6) is 0. The van der Waals surface area contributed by atoms with Crippen molar-refractivity contribution in [1.29, 1.82) is 0 Å². The Morgan fingerprint density at radius 2 is 1.16 bits per heavy atom. The number of hydrogen-bond acceptors (Lipinski definition) is 7. The molecule has 0 aromatic rings. The van der Waals surface area contributed by atoms with Crippen molar-refractivity contribution in [2.45, 2.75) is 66.0 Å². The van der Waals surface area contributed by atoms with Crippen molar-refractivity contribution in [2.24, 2.45) is 0 Å². The molecule has 9 nitrogen and oxygen atoms in total. The minimum atomic E-state index is -3.67. The Labute approximate surface area is 204 Å². The van der Waals surface area contributed by atoms with Crippen LogP contribution < -0.4 is 0 Å². The summed E-state index contributed by atoms with van der Waals surface area (Å²) in [6.45, 7) is 7.47. The standard InChI is InChI=1S/C11H26NO2.C10H23NO2.CH4O3S/c1-6-13-11(14-7-2)9-8-10-12(3,4)5;1-5-12-10(13-6-2)8-7-9-11(3)4;1-5(2,3)4/h11H,6-10H2,1-5H3;10H,5-9H2,1-4H3;1H3,(H,2,3,4)/q+1;;/i10D2;9D2;. The van der Waals surface area contributed by atoms with E-state index in [0.29, 0.717) is 58.4 Å². The maximum atomic E-state index is 9.19. The lowest BCUT2D eigenvalue weighted by Gasteiger charge is -2.25. The maximum absolute atomic E-state index is 9.19. The van der Waals surface area contributed by atoms with Gasteiger partial charge in [0, 0.05) is 42.0 Å². The smallest absolute Gasteiger partial charge is 0.261 e. The van der Waals surface area contributed by atoms with Gasteiger partial charge in [-0.3, -0.25) is 4.55 Å². The van der Waals surface area contributed by atoms with Crippen molar-refractivity contribution < 1.29 is 41.9 Å². The molecule has 0 aliphatic rings. The Morgan fingerprint density at radius 1 is 0.844 bits per heavy atom. The molecule has 0 atom stereocenters. The van der Waals surface area contributed by atoms with Crippen molar-refractivity contribution in [2.75, 3.05) is 80.9 Å². The summed E-state index contributed by atoms with van der Waals surface area (Å²) in [7, 11) is 5.37. The van der Waals surface area contributed by atoms with E-state index in [1.165, 1.54) is 0 Å². The molecule has 0 spiro atoms. The highest BCUT2D eigenvalue weighted by molar-refractivity contribution is 7.85. The molecule has 198 valence electrons. The SMILES string of the molecule is CS(=O)(=O)O.[2H]C([2H])(CCC(OCC)OCC)N(C)C.[2H]C([2H])(CCC(OCC)OCC)[N+](C)(C)C. The first-order valence-corrected chi connectivity index (χ1v) is 12.9. The number of hydrogen-bond donors (Lipinski definition) is 1. The molecule has 0 rings (SSSR count). The summed E-state index contributed by atoms with van der Waals surface area (Å²) < 4.78 is 79.0. The lowest BCUT2D eigenvalue weighted by atomic mass is 10.3. The number of quaternary nitrogens is 1. The van der Waals surface area contributed by atoms with Crippen LogP contribution in [0.25, 0.3) is 0 Å². The predicted octanol–water partition coefficient (Wildman–Crippen LogP) is 3.10. The van der Waals surface area contributed by atoms with E-state index in [9.17, 15) is 8.42 Å². The lowest BCUT2D eigenvalue weighted by Crippen LogP contribution is -2.35. The Bertz CT molecular complexity index is 614. The van der Waals surface area contributed by atoms with Crippen molar-refractivity contribution >= 4 is 10.1 Å². The number of ether oxygens (including phenoxy) is 4. The van der Waals surface area contributed by atoms with Gasteiger partial charge >= 0.3 is 0 Å². The van der Waals surface area contributed by atoms with Gasteiger partial charge < -0.3 is 28.3 Å². The van der Waals surface area contributed by atoms with Crippen LogP contribution in [0.3, 0.4) is 0 Å². The van der Waals surface area contributed by atoms with Gasteiger partial charge in [0.05, 0.1) is 36.6 Å². The summed E-state index contributed by atoms with van der Waals surface area (Å²) in [6.07, 6.45) is 2.15. The van der Waals surface area contributed by atoms with Gasteiger partial charge in [-0.25, -0.2) is 0 Å². The molecule has 0 aromatic heterocycles. The molecule has 32 heavy (non-hydrogen) atoms. The molecule has 0 aromatic carbocycles. The molecule has 0 saturated carbocycles. The van der Waals surface area contributed by atoms with Gasteiger partial charge in [-0.2, -0.15) is 8.42 Å². The molecule has 0 aliphatic carbocycles. The monoisotopic (exact) mass is 493 g/mol. The summed E-state index contributed by atoms with van der Waals surface area (Å²) in [5, 5.41) is 0. The molecule has 0 unspecified atom stereocenters.